The van der Waals surface area contributed by atoms with Crippen molar-refractivity contribution in [2.45, 2.75) is 45.1 Å². The Morgan fingerprint density at radius 2 is 2.23 bits per heavy atom. The van der Waals surface area contributed by atoms with Gasteiger partial charge in [-0.1, -0.05) is 13.3 Å². The molecule has 2 saturated carbocycles. The summed E-state index contributed by atoms with van der Waals surface area (Å²) >= 11 is 0. The zero-order valence-corrected chi connectivity index (χ0v) is 8.76. The highest BCUT2D eigenvalue weighted by Crippen LogP contribution is 2.59. The van der Waals surface area contributed by atoms with E-state index in [0.717, 1.165) is 18.4 Å². The van der Waals surface area contributed by atoms with E-state index in [-0.39, 0.29) is 0 Å². The van der Waals surface area contributed by atoms with E-state index in [1.54, 1.807) is 0 Å². The maximum atomic E-state index is 6.19. The van der Waals surface area contributed by atoms with E-state index < -0.39 is 0 Å². The van der Waals surface area contributed by atoms with E-state index in [9.17, 15) is 0 Å². The first-order chi connectivity index (χ1) is 6.16. The molecule has 0 aliphatic heterocycles. The highest BCUT2D eigenvalue weighted by atomic mass is 14.8. The average molecular weight is 183 g/mol. The Balaban J connectivity index is 1.99. The summed E-state index contributed by atoms with van der Waals surface area (Å²) in [6.45, 7) is 3.51. The Kier molecular flexibility index (Phi) is 2.37. The number of rotatable bonds is 1. The molecule has 4 atom stereocenters. The van der Waals surface area contributed by atoms with Crippen molar-refractivity contribution in [1.29, 1.82) is 0 Å². The topological polar surface area (TPSA) is 53.7 Å². The van der Waals surface area contributed by atoms with Crippen LogP contribution in [-0.2, 0) is 0 Å². The highest BCUT2D eigenvalue weighted by molar-refractivity contribution is 5.06. The fourth-order valence-electron chi connectivity index (χ4n) is 3.02. The van der Waals surface area contributed by atoms with Crippen molar-refractivity contribution in [1.82, 2.24) is 0 Å². The molecule has 2 aliphatic carbocycles. The molecule has 2 aliphatic rings. The molecule has 0 heterocycles. The van der Waals surface area contributed by atoms with Crippen LogP contribution in [0.5, 0.6) is 0 Å². The number of hydrogen-bond donors (Lipinski definition) is 2. The lowest BCUT2D eigenvalue weighted by atomic mass is 9.83. The van der Waals surface area contributed by atoms with Gasteiger partial charge in [-0.3, -0.25) is 0 Å². The normalized spacial score (nSPS) is 50.5. The quantitative estimate of drug-likeness (QED) is 0.620. The van der Waals surface area contributed by atoms with Crippen LogP contribution in [0.25, 0.3) is 0 Å². The fraction of sp³-hybridized carbons (Fsp3) is 1.00. The average Bonchev–Trinajstić information content (AvgIpc) is 2.73. The minimum absolute atomic E-state index is 0.475. The van der Waals surface area contributed by atoms with Crippen LogP contribution in [0.2, 0.25) is 0 Å². The SMILES string of the molecule is CC12CC1CC(C[NH3+])CCCC2N. The second-order valence-corrected chi connectivity index (χ2v) is 5.33. The van der Waals surface area contributed by atoms with E-state index >= 15 is 0 Å². The highest BCUT2D eigenvalue weighted by Gasteiger charge is 2.54. The van der Waals surface area contributed by atoms with Crippen LogP contribution in [0, 0.1) is 17.3 Å². The zero-order chi connectivity index (χ0) is 9.47. The summed E-state index contributed by atoms with van der Waals surface area (Å²) in [4.78, 5) is 0. The van der Waals surface area contributed by atoms with Crippen molar-refractivity contribution in [2.75, 3.05) is 6.54 Å². The second kappa shape index (κ2) is 3.25. The van der Waals surface area contributed by atoms with Crippen molar-refractivity contribution < 1.29 is 5.73 Å². The van der Waals surface area contributed by atoms with Crippen LogP contribution < -0.4 is 11.5 Å². The van der Waals surface area contributed by atoms with Gasteiger partial charge in [0.05, 0.1) is 6.54 Å². The number of hydrogen-bond acceptors (Lipinski definition) is 1. The molecule has 0 amide bonds. The third kappa shape index (κ3) is 1.62. The van der Waals surface area contributed by atoms with Gasteiger partial charge in [0.15, 0.2) is 0 Å². The van der Waals surface area contributed by atoms with Crippen LogP contribution >= 0.6 is 0 Å². The van der Waals surface area contributed by atoms with Gasteiger partial charge in [-0.25, -0.2) is 0 Å². The third-order valence-electron chi connectivity index (χ3n) is 4.46. The van der Waals surface area contributed by atoms with Gasteiger partial charge < -0.3 is 11.5 Å². The number of nitrogens with two attached hydrogens (primary N) is 1. The monoisotopic (exact) mass is 183 g/mol. The lowest BCUT2D eigenvalue weighted by Crippen LogP contribution is -2.54. The maximum absolute atomic E-state index is 6.19. The molecule has 0 spiro atoms. The standard InChI is InChI=1S/C11H22N2/c1-11-6-9(11)5-8(7-12)3-2-4-10(11)13/h8-10H,2-7,12-13H2,1H3/p+1. The van der Waals surface area contributed by atoms with Gasteiger partial charge in [-0.15, -0.1) is 0 Å². The summed E-state index contributed by atoms with van der Waals surface area (Å²) in [6.07, 6.45) is 6.70. The van der Waals surface area contributed by atoms with Gasteiger partial charge in [0.25, 0.3) is 0 Å². The Bertz CT molecular complexity index is 193. The second-order valence-electron chi connectivity index (χ2n) is 5.33. The minimum Gasteiger partial charge on any atom is -0.357 e. The lowest BCUT2D eigenvalue weighted by molar-refractivity contribution is -0.380. The van der Waals surface area contributed by atoms with Gasteiger partial charge in [-0.2, -0.15) is 0 Å². The summed E-state index contributed by atoms with van der Waals surface area (Å²) in [5.41, 5.74) is 10.7. The van der Waals surface area contributed by atoms with E-state index in [4.69, 9.17) is 5.73 Å². The molecular weight excluding hydrogens is 160 g/mol. The van der Waals surface area contributed by atoms with E-state index in [0.29, 0.717) is 11.5 Å². The minimum atomic E-state index is 0.475. The maximum Gasteiger partial charge on any atom is 0.0768 e. The fourth-order valence-corrected chi connectivity index (χ4v) is 3.02. The predicted molar refractivity (Wildman–Crippen MR) is 53.9 cm³/mol. The first-order valence-corrected chi connectivity index (χ1v) is 5.71. The zero-order valence-electron chi connectivity index (χ0n) is 8.76. The summed E-state index contributed by atoms with van der Waals surface area (Å²) < 4.78 is 0. The Morgan fingerprint density at radius 1 is 1.46 bits per heavy atom. The Labute approximate surface area is 81.1 Å². The molecule has 4 unspecified atom stereocenters. The predicted octanol–water partition coefficient (Wildman–Crippen LogP) is 0.772. The van der Waals surface area contributed by atoms with E-state index in [1.807, 2.05) is 0 Å². The number of fused-ring (bicyclic) bond motifs is 1. The van der Waals surface area contributed by atoms with Crippen molar-refractivity contribution in [3.63, 3.8) is 0 Å². The third-order valence-corrected chi connectivity index (χ3v) is 4.46. The molecule has 2 heteroatoms. The largest absolute Gasteiger partial charge is 0.357 e. The molecule has 76 valence electrons. The smallest absolute Gasteiger partial charge is 0.0768 e. The van der Waals surface area contributed by atoms with Crippen LogP contribution in [-0.4, -0.2) is 12.6 Å². The summed E-state index contributed by atoms with van der Waals surface area (Å²) in [5, 5.41) is 0. The van der Waals surface area contributed by atoms with Crippen LogP contribution in [0.4, 0.5) is 0 Å². The Hall–Kier alpha value is -0.0800. The molecule has 2 rings (SSSR count). The first-order valence-electron chi connectivity index (χ1n) is 5.71. The van der Waals surface area contributed by atoms with Crippen molar-refractivity contribution in [3.8, 4) is 0 Å². The lowest BCUT2D eigenvalue weighted by Gasteiger charge is -2.25. The van der Waals surface area contributed by atoms with Crippen LogP contribution in [0.15, 0.2) is 0 Å². The Morgan fingerprint density at radius 3 is 2.92 bits per heavy atom. The van der Waals surface area contributed by atoms with Crippen molar-refractivity contribution in [2.24, 2.45) is 23.0 Å². The van der Waals surface area contributed by atoms with E-state index in [1.165, 1.54) is 32.1 Å². The molecule has 0 radical (unpaired) electrons. The van der Waals surface area contributed by atoms with Gasteiger partial charge in [0.1, 0.15) is 0 Å². The molecule has 0 aromatic carbocycles. The molecule has 5 N–H and O–H groups in total. The van der Waals surface area contributed by atoms with Crippen molar-refractivity contribution >= 4 is 0 Å². The van der Waals surface area contributed by atoms with Gasteiger partial charge >= 0.3 is 0 Å². The van der Waals surface area contributed by atoms with Gasteiger partial charge in [0.2, 0.25) is 0 Å². The summed E-state index contributed by atoms with van der Waals surface area (Å²) in [6, 6.07) is 0.475. The molecular formula is C11H23N2+. The van der Waals surface area contributed by atoms with E-state index in [2.05, 4.69) is 12.7 Å². The summed E-state index contributed by atoms with van der Waals surface area (Å²) in [5.74, 6) is 1.81. The van der Waals surface area contributed by atoms with Gasteiger partial charge in [-0.05, 0) is 37.0 Å². The molecule has 0 bridgehead atoms. The first kappa shape index (κ1) is 9.47. The van der Waals surface area contributed by atoms with Crippen LogP contribution in [0.1, 0.15) is 39.0 Å². The van der Waals surface area contributed by atoms with Gasteiger partial charge in [0, 0.05) is 12.0 Å². The molecule has 0 saturated heterocycles. The van der Waals surface area contributed by atoms with Crippen molar-refractivity contribution in [3.05, 3.63) is 0 Å². The molecule has 2 fully saturated rings. The molecule has 13 heavy (non-hydrogen) atoms. The number of quaternary nitrogens is 1. The molecule has 0 aromatic rings. The molecule has 2 nitrogen and oxygen atoms in total. The summed E-state index contributed by atoms with van der Waals surface area (Å²) in [7, 11) is 0. The molecule has 0 aromatic heterocycles. The van der Waals surface area contributed by atoms with Crippen LogP contribution in [0.3, 0.4) is 0 Å².